The third-order valence-electron chi connectivity index (χ3n) is 2.41. The molecule has 0 aliphatic heterocycles. The molecule has 1 heterocycles. The summed E-state index contributed by atoms with van der Waals surface area (Å²) in [5.41, 5.74) is 3.63. The molecule has 21 heavy (non-hydrogen) atoms. The number of nitro benzene ring substituents is 1. The largest absolute Gasteiger partial charge is 0.326 e. The summed E-state index contributed by atoms with van der Waals surface area (Å²) in [4.78, 5) is 14.3. The van der Waals surface area contributed by atoms with Crippen molar-refractivity contribution in [3.05, 3.63) is 64.5 Å². The van der Waals surface area contributed by atoms with Crippen molar-refractivity contribution in [3.8, 4) is 0 Å². The maximum absolute atomic E-state index is 10.9. The molecule has 7 nitrogen and oxygen atoms in total. The molecule has 0 unspecified atom stereocenters. The van der Waals surface area contributed by atoms with Crippen LogP contribution in [-0.2, 0) is 0 Å². The van der Waals surface area contributed by atoms with Crippen LogP contribution in [0.3, 0.4) is 0 Å². The molecule has 1 aromatic heterocycles. The second kappa shape index (κ2) is 7.06. The summed E-state index contributed by atoms with van der Waals surface area (Å²) in [6.45, 7) is 0. The monoisotopic (exact) mass is 301 g/mol. The number of pyridine rings is 1. The van der Waals surface area contributed by atoms with E-state index in [4.69, 9.17) is 12.2 Å². The van der Waals surface area contributed by atoms with Gasteiger partial charge in [-0.05, 0) is 24.4 Å². The van der Waals surface area contributed by atoms with E-state index in [2.05, 4.69) is 20.8 Å². The van der Waals surface area contributed by atoms with Gasteiger partial charge in [-0.2, -0.15) is 5.10 Å². The van der Waals surface area contributed by atoms with E-state index in [1.54, 1.807) is 42.9 Å². The Bertz CT molecular complexity index is 675. The predicted molar refractivity (Wildman–Crippen MR) is 84.3 cm³/mol. The van der Waals surface area contributed by atoms with Crippen molar-refractivity contribution in [2.75, 3.05) is 5.32 Å². The van der Waals surface area contributed by atoms with Crippen LogP contribution in [0.25, 0.3) is 0 Å². The van der Waals surface area contributed by atoms with Crippen LogP contribution >= 0.6 is 12.2 Å². The quantitative estimate of drug-likeness (QED) is 0.389. The number of thiocarbonyl (C=S) groups is 1. The number of hydrogen-bond donors (Lipinski definition) is 2. The lowest BCUT2D eigenvalue weighted by molar-refractivity contribution is -0.383. The van der Waals surface area contributed by atoms with E-state index in [1.807, 2.05) is 6.07 Å². The average Bonchev–Trinajstić information content (AvgIpc) is 2.48. The highest BCUT2D eigenvalue weighted by Gasteiger charge is 2.12. The lowest BCUT2D eigenvalue weighted by Gasteiger charge is -2.07. The summed E-state index contributed by atoms with van der Waals surface area (Å²) in [6, 6.07) is 9.83. The number of anilines is 1. The Kier molecular flexibility index (Phi) is 4.89. The standard InChI is InChI=1S/C13H11N5O2S/c19-18(20)12-6-2-1-5-11(12)16-13(21)17-15-9-10-4-3-7-14-8-10/h1-9H,(H2,16,17,21). The lowest BCUT2D eigenvalue weighted by atomic mass is 10.3. The average molecular weight is 301 g/mol. The second-order valence-electron chi connectivity index (χ2n) is 3.88. The van der Waals surface area contributed by atoms with Crippen LogP contribution in [-0.4, -0.2) is 21.2 Å². The molecule has 1 aromatic carbocycles. The molecule has 0 atom stereocenters. The van der Waals surface area contributed by atoms with Crippen molar-refractivity contribution in [2.45, 2.75) is 0 Å². The number of hydrazone groups is 1. The summed E-state index contributed by atoms with van der Waals surface area (Å²) < 4.78 is 0. The number of rotatable bonds is 4. The number of hydrogen-bond acceptors (Lipinski definition) is 5. The molecular weight excluding hydrogens is 290 g/mol. The molecule has 2 N–H and O–H groups in total. The highest BCUT2D eigenvalue weighted by Crippen LogP contribution is 2.22. The highest BCUT2D eigenvalue weighted by molar-refractivity contribution is 7.80. The van der Waals surface area contributed by atoms with Gasteiger partial charge in [0.05, 0.1) is 11.1 Å². The van der Waals surface area contributed by atoms with Crippen LogP contribution in [0.15, 0.2) is 53.9 Å². The Hall–Kier alpha value is -2.87. The van der Waals surface area contributed by atoms with Crippen LogP contribution in [0.2, 0.25) is 0 Å². The lowest BCUT2D eigenvalue weighted by Crippen LogP contribution is -2.24. The van der Waals surface area contributed by atoms with Crippen LogP contribution in [0.1, 0.15) is 5.56 Å². The molecule has 2 aromatic rings. The minimum Gasteiger partial charge on any atom is -0.326 e. The number of nitro groups is 1. The minimum atomic E-state index is -0.482. The summed E-state index contributed by atoms with van der Waals surface area (Å²) >= 11 is 5.02. The Morgan fingerprint density at radius 3 is 2.86 bits per heavy atom. The summed E-state index contributed by atoms with van der Waals surface area (Å²) in [5, 5.41) is 17.7. The highest BCUT2D eigenvalue weighted by atomic mass is 32.1. The van der Waals surface area contributed by atoms with E-state index >= 15 is 0 Å². The van der Waals surface area contributed by atoms with E-state index in [0.717, 1.165) is 5.56 Å². The van der Waals surface area contributed by atoms with Gasteiger partial charge in [-0.15, -0.1) is 0 Å². The summed E-state index contributed by atoms with van der Waals surface area (Å²) in [5.74, 6) is 0. The van der Waals surface area contributed by atoms with Gasteiger partial charge in [0.25, 0.3) is 5.69 Å². The fourth-order valence-corrected chi connectivity index (χ4v) is 1.67. The fourth-order valence-electron chi connectivity index (χ4n) is 1.51. The van der Waals surface area contributed by atoms with Gasteiger partial charge < -0.3 is 5.32 Å². The maximum Gasteiger partial charge on any atom is 0.292 e. The van der Waals surface area contributed by atoms with Crippen molar-refractivity contribution in [1.29, 1.82) is 0 Å². The first-order valence-electron chi connectivity index (χ1n) is 5.90. The van der Waals surface area contributed by atoms with E-state index in [1.165, 1.54) is 6.07 Å². The summed E-state index contributed by atoms with van der Waals surface area (Å²) in [6.07, 6.45) is 4.84. The van der Waals surface area contributed by atoms with Gasteiger partial charge in [-0.25, -0.2) is 0 Å². The molecule has 0 radical (unpaired) electrons. The van der Waals surface area contributed by atoms with Gasteiger partial charge in [0, 0.05) is 24.0 Å². The zero-order valence-electron chi connectivity index (χ0n) is 10.8. The molecule has 0 saturated heterocycles. The Morgan fingerprint density at radius 1 is 1.33 bits per heavy atom. The van der Waals surface area contributed by atoms with Gasteiger partial charge in [-0.1, -0.05) is 18.2 Å². The van der Waals surface area contributed by atoms with Crippen LogP contribution in [0.4, 0.5) is 11.4 Å². The zero-order valence-corrected chi connectivity index (χ0v) is 11.6. The first-order valence-corrected chi connectivity index (χ1v) is 6.31. The SMILES string of the molecule is O=[N+]([O-])c1ccccc1NC(=S)NN=Cc1cccnc1. The Morgan fingerprint density at radius 2 is 2.14 bits per heavy atom. The normalized spacial score (nSPS) is 10.3. The first kappa shape index (κ1) is 14.5. The Balaban J connectivity index is 1.97. The molecule has 0 saturated carbocycles. The second-order valence-corrected chi connectivity index (χ2v) is 4.29. The van der Waals surface area contributed by atoms with Crippen molar-refractivity contribution < 1.29 is 4.92 Å². The number of nitrogens with zero attached hydrogens (tertiary/aromatic N) is 3. The first-order chi connectivity index (χ1) is 10.2. The van der Waals surface area contributed by atoms with E-state index < -0.39 is 4.92 Å². The predicted octanol–water partition coefficient (Wildman–Crippen LogP) is 2.31. The van der Waals surface area contributed by atoms with Crippen LogP contribution in [0.5, 0.6) is 0 Å². The van der Waals surface area contributed by atoms with E-state index in [0.29, 0.717) is 5.69 Å². The van der Waals surface area contributed by atoms with Gasteiger partial charge >= 0.3 is 0 Å². The molecule has 0 aliphatic carbocycles. The van der Waals surface area contributed by atoms with Crippen molar-refractivity contribution in [3.63, 3.8) is 0 Å². The summed E-state index contributed by atoms with van der Waals surface area (Å²) in [7, 11) is 0. The minimum absolute atomic E-state index is 0.0575. The molecule has 0 bridgehead atoms. The third-order valence-corrected chi connectivity index (χ3v) is 2.61. The molecule has 0 aliphatic rings. The van der Waals surface area contributed by atoms with Crippen molar-refractivity contribution >= 4 is 34.9 Å². The molecule has 2 rings (SSSR count). The van der Waals surface area contributed by atoms with E-state index in [-0.39, 0.29) is 10.8 Å². The fraction of sp³-hybridized carbons (Fsp3) is 0. The van der Waals surface area contributed by atoms with Gasteiger partial charge in [0.1, 0.15) is 5.69 Å². The van der Waals surface area contributed by atoms with Gasteiger partial charge in [0.2, 0.25) is 0 Å². The number of para-hydroxylation sites is 2. The molecule has 0 fully saturated rings. The molecule has 8 heteroatoms. The van der Waals surface area contributed by atoms with Crippen molar-refractivity contribution in [1.82, 2.24) is 10.4 Å². The topological polar surface area (TPSA) is 92.5 Å². The number of nitrogens with one attached hydrogen (secondary N) is 2. The molecular formula is C13H11N5O2S. The smallest absolute Gasteiger partial charge is 0.292 e. The van der Waals surface area contributed by atoms with Gasteiger partial charge in [0.15, 0.2) is 5.11 Å². The van der Waals surface area contributed by atoms with Crippen LogP contribution in [0, 0.1) is 10.1 Å². The van der Waals surface area contributed by atoms with Crippen LogP contribution < -0.4 is 10.7 Å². The van der Waals surface area contributed by atoms with Crippen molar-refractivity contribution in [2.24, 2.45) is 5.10 Å². The number of aromatic nitrogens is 1. The number of benzene rings is 1. The molecule has 106 valence electrons. The zero-order chi connectivity index (χ0) is 15.1. The van der Waals surface area contributed by atoms with E-state index in [9.17, 15) is 10.1 Å². The van der Waals surface area contributed by atoms with Gasteiger partial charge in [-0.3, -0.25) is 20.5 Å². The molecule has 0 amide bonds. The maximum atomic E-state index is 10.9. The Labute approximate surface area is 125 Å². The third kappa shape index (κ3) is 4.32. The molecule has 0 spiro atoms.